The maximum Gasteiger partial charge on any atom is 0.193 e. The lowest BCUT2D eigenvalue weighted by molar-refractivity contribution is 0.426. The predicted octanol–water partition coefficient (Wildman–Crippen LogP) is 2.20. The average molecular weight is 220 g/mol. The number of hydrogen-bond donors (Lipinski definition) is 1. The van der Waals surface area contributed by atoms with Crippen LogP contribution in [0.5, 0.6) is 5.06 Å². The van der Waals surface area contributed by atoms with Crippen LogP contribution in [-0.2, 0) is 0 Å². The molecule has 0 saturated carbocycles. The van der Waals surface area contributed by atoms with Gasteiger partial charge in [0.2, 0.25) is 0 Å². The van der Waals surface area contributed by atoms with E-state index in [1.807, 2.05) is 30.3 Å². The second-order valence-corrected chi connectivity index (χ2v) is 4.13. The number of ether oxygens (including phenoxy) is 1. The fourth-order valence-corrected chi connectivity index (χ4v) is 2.08. The molecule has 0 spiro atoms. The van der Waals surface area contributed by atoms with Gasteiger partial charge in [0.05, 0.1) is 19.3 Å². The molecule has 0 aliphatic heterocycles. The van der Waals surface area contributed by atoms with Gasteiger partial charge >= 0.3 is 0 Å². The van der Waals surface area contributed by atoms with Crippen molar-refractivity contribution in [2.24, 2.45) is 5.73 Å². The van der Waals surface area contributed by atoms with Crippen molar-refractivity contribution in [3.63, 3.8) is 0 Å². The Labute approximate surface area is 92.5 Å². The summed E-state index contributed by atoms with van der Waals surface area (Å²) < 4.78 is 5.08. The summed E-state index contributed by atoms with van der Waals surface area (Å²) in [6, 6.07) is 9.75. The number of benzene rings is 1. The van der Waals surface area contributed by atoms with E-state index in [1.165, 1.54) is 11.3 Å². The first-order valence-corrected chi connectivity index (χ1v) is 5.43. The van der Waals surface area contributed by atoms with Crippen LogP contribution in [0.4, 0.5) is 0 Å². The van der Waals surface area contributed by atoms with E-state index in [9.17, 15) is 0 Å². The molecule has 2 aromatic rings. The van der Waals surface area contributed by atoms with Crippen molar-refractivity contribution < 1.29 is 4.74 Å². The Kier molecular flexibility index (Phi) is 2.99. The molecule has 1 atom stereocenters. The standard InChI is InChI=1S/C11H12N2OS/c1-14-9-7-13-11(15-9)10(12)8-5-3-2-4-6-8/h2-7,10H,12H2,1H3. The molecule has 1 heterocycles. The van der Waals surface area contributed by atoms with Gasteiger partial charge in [-0.25, -0.2) is 4.98 Å². The number of nitrogens with two attached hydrogens (primary N) is 1. The number of aromatic nitrogens is 1. The second-order valence-electron chi connectivity index (χ2n) is 3.11. The summed E-state index contributed by atoms with van der Waals surface area (Å²) >= 11 is 1.48. The topological polar surface area (TPSA) is 48.1 Å². The highest BCUT2D eigenvalue weighted by Crippen LogP contribution is 2.28. The zero-order valence-corrected chi connectivity index (χ0v) is 9.20. The van der Waals surface area contributed by atoms with E-state index < -0.39 is 0 Å². The van der Waals surface area contributed by atoms with Gasteiger partial charge in [-0.15, -0.1) is 0 Å². The molecule has 4 heteroatoms. The molecule has 15 heavy (non-hydrogen) atoms. The van der Waals surface area contributed by atoms with Crippen LogP contribution >= 0.6 is 11.3 Å². The smallest absolute Gasteiger partial charge is 0.193 e. The van der Waals surface area contributed by atoms with Crippen molar-refractivity contribution in [2.75, 3.05) is 7.11 Å². The first kappa shape index (κ1) is 10.1. The molecule has 0 aliphatic rings. The molecule has 1 aromatic heterocycles. The monoisotopic (exact) mass is 220 g/mol. The van der Waals surface area contributed by atoms with Crippen LogP contribution in [0.1, 0.15) is 16.6 Å². The molecule has 0 bridgehead atoms. The normalized spacial score (nSPS) is 12.4. The third kappa shape index (κ3) is 2.16. The molecular weight excluding hydrogens is 208 g/mol. The van der Waals surface area contributed by atoms with Gasteiger partial charge < -0.3 is 10.5 Å². The SMILES string of the molecule is COc1cnc(C(N)c2ccccc2)s1. The van der Waals surface area contributed by atoms with Gasteiger partial charge in [-0.05, 0) is 5.56 Å². The highest BCUT2D eigenvalue weighted by molar-refractivity contribution is 7.13. The molecule has 1 aromatic carbocycles. The summed E-state index contributed by atoms with van der Waals surface area (Å²) in [7, 11) is 1.63. The van der Waals surface area contributed by atoms with E-state index in [2.05, 4.69) is 4.98 Å². The van der Waals surface area contributed by atoms with Gasteiger partial charge in [0.25, 0.3) is 0 Å². The molecule has 0 saturated heterocycles. The minimum Gasteiger partial charge on any atom is -0.486 e. The average Bonchev–Trinajstić information content (AvgIpc) is 2.78. The Morgan fingerprint density at radius 3 is 2.67 bits per heavy atom. The van der Waals surface area contributed by atoms with Crippen LogP contribution in [-0.4, -0.2) is 12.1 Å². The fourth-order valence-electron chi connectivity index (χ4n) is 1.31. The maximum absolute atomic E-state index is 6.08. The quantitative estimate of drug-likeness (QED) is 0.862. The van der Waals surface area contributed by atoms with Crippen LogP contribution in [0.15, 0.2) is 36.5 Å². The Morgan fingerprint density at radius 2 is 2.07 bits per heavy atom. The second kappa shape index (κ2) is 4.42. The number of thiazole rings is 1. The molecule has 2 N–H and O–H groups in total. The first-order chi connectivity index (χ1) is 7.31. The van der Waals surface area contributed by atoms with Crippen molar-refractivity contribution in [2.45, 2.75) is 6.04 Å². The summed E-state index contributed by atoms with van der Waals surface area (Å²) in [6.45, 7) is 0. The summed E-state index contributed by atoms with van der Waals surface area (Å²) in [5, 5.41) is 1.66. The minimum atomic E-state index is -0.167. The summed E-state index contributed by atoms with van der Waals surface area (Å²) in [4.78, 5) is 4.23. The van der Waals surface area contributed by atoms with Crippen molar-refractivity contribution in [1.29, 1.82) is 0 Å². The van der Waals surface area contributed by atoms with Gasteiger partial charge in [-0.2, -0.15) is 0 Å². The molecular formula is C11H12N2OS. The van der Waals surface area contributed by atoms with E-state index >= 15 is 0 Å². The fraction of sp³-hybridized carbons (Fsp3) is 0.182. The maximum atomic E-state index is 6.08. The van der Waals surface area contributed by atoms with Crippen molar-refractivity contribution >= 4 is 11.3 Å². The predicted molar refractivity (Wildman–Crippen MR) is 61.1 cm³/mol. The Balaban J connectivity index is 2.24. The Bertz CT molecular complexity index is 427. The molecule has 2 rings (SSSR count). The van der Waals surface area contributed by atoms with Crippen LogP contribution in [0.3, 0.4) is 0 Å². The number of rotatable bonds is 3. The van der Waals surface area contributed by atoms with E-state index in [0.29, 0.717) is 0 Å². The summed E-state index contributed by atoms with van der Waals surface area (Å²) in [5.74, 6) is 0. The van der Waals surface area contributed by atoms with Crippen LogP contribution in [0, 0.1) is 0 Å². The van der Waals surface area contributed by atoms with E-state index in [0.717, 1.165) is 15.6 Å². The van der Waals surface area contributed by atoms with Gasteiger partial charge in [0, 0.05) is 0 Å². The van der Waals surface area contributed by atoms with Gasteiger partial charge in [0.15, 0.2) is 5.06 Å². The van der Waals surface area contributed by atoms with Crippen molar-refractivity contribution in [3.05, 3.63) is 47.1 Å². The van der Waals surface area contributed by atoms with E-state index in [4.69, 9.17) is 10.5 Å². The summed E-state index contributed by atoms with van der Waals surface area (Å²) in [6.07, 6.45) is 1.70. The first-order valence-electron chi connectivity index (χ1n) is 4.61. The van der Waals surface area contributed by atoms with Crippen LogP contribution < -0.4 is 10.5 Å². The van der Waals surface area contributed by atoms with Crippen LogP contribution in [0.2, 0.25) is 0 Å². The lowest BCUT2D eigenvalue weighted by Crippen LogP contribution is -2.10. The van der Waals surface area contributed by atoms with Gasteiger partial charge in [-0.3, -0.25) is 0 Å². The molecule has 0 amide bonds. The lowest BCUT2D eigenvalue weighted by atomic mass is 10.1. The molecule has 78 valence electrons. The third-order valence-electron chi connectivity index (χ3n) is 2.13. The Hall–Kier alpha value is -1.39. The molecule has 0 aliphatic carbocycles. The third-order valence-corrected chi connectivity index (χ3v) is 3.17. The molecule has 0 radical (unpaired) electrons. The molecule has 1 unspecified atom stereocenters. The van der Waals surface area contributed by atoms with E-state index in [-0.39, 0.29) is 6.04 Å². The van der Waals surface area contributed by atoms with Crippen molar-refractivity contribution in [3.8, 4) is 5.06 Å². The Morgan fingerprint density at radius 1 is 1.33 bits per heavy atom. The van der Waals surface area contributed by atoms with Gasteiger partial charge in [0.1, 0.15) is 5.01 Å². The number of nitrogens with zero attached hydrogens (tertiary/aromatic N) is 1. The largest absolute Gasteiger partial charge is 0.486 e. The molecule has 0 fully saturated rings. The highest BCUT2D eigenvalue weighted by Gasteiger charge is 2.12. The van der Waals surface area contributed by atoms with Gasteiger partial charge in [-0.1, -0.05) is 41.7 Å². The zero-order valence-electron chi connectivity index (χ0n) is 8.38. The lowest BCUT2D eigenvalue weighted by Gasteiger charge is -2.07. The zero-order chi connectivity index (χ0) is 10.7. The van der Waals surface area contributed by atoms with Crippen LogP contribution in [0.25, 0.3) is 0 Å². The summed E-state index contributed by atoms with van der Waals surface area (Å²) in [5.41, 5.74) is 7.14. The molecule has 3 nitrogen and oxygen atoms in total. The van der Waals surface area contributed by atoms with E-state index in [1.54, 1.807) is 13.3 Å². The van der Waals surface area contributed by atoms with Crippen molar-refractivity contribution in [1.82, 2.24) is 4.98 Å². The highest BCUT2D eigenvalue weighted by atomic mass is 32.1. The minimum absolute atomic E-state index is 0.167. The number of hydrogen-bond acceptors (Lipinski definition) is 4. The number of methoxy groups -OCH3 is 1.